The van der Waals surface area contributed by atoms with Crippen molar-refractivity contribution in [3.8, 4) is 0 Å². The van der Waals surface area contributed by atoms with Crippen molar-refractivity contribution in [3.05, 3.63) is 88.2 Å². The molecule has 1 N–H and O–H groups in total. The number of ether oxygens (including phenoxy) is 1. The van der Waals surface area contributed by atoms with E-state index in [1.54, 1.807) is 30.3 Å². The zero-order valence-corrected chi connectivity index (χ0v) is 18.4. The lowest BCUT2D eigenvalue weighted by atomic mass is 9.95. The third-order valence-corrected chi connectivity index (χ3v) is 5.33. The molecule has 0 spiro atoms. The van der Waals surface area contributed by atoms with E-state index in [4.69, 9.17) is 16.3 Å². The van der Waals surface area contributed by atoms with E-state index in [2.05, 4.69) is 0 Å². The standard InChI is InChI=1S/C25H26ClNO4/c1-17(2)31-16-8-15-27-23(19-11-6-7-12-20(19)26)22(24(29)25(27)30)21(28)14-13-18-9-4-3-5-10-18/h3-7,9-14,17,23,29H,8,15-16H2,1-2H3/b14-13+/t23-/m1/s1. The number of halogens is 1. The first-order valence-electron chi connectivity index (χ1n) is 10.3. The molecule has 1 atom stereocenters. The van der Waals surface area contributed by atoms with Crippen molar-refractivity contribution < 1.29 is 19.4 Å². The third-order valence-electron chi connectivity index (χ3n) is 4.99. The van der Waals surface area contributed by atoms with Gasteiger partial charge >= 0.3 is 0 Å². The van der Waals surface area contributed by atoms with Gasteiger partial charge in [0.1, 0.15) is 0 Å². The molecular weight excluding hydrogens is 414 g/mol. The quantitative estimate of drug-likeness (QED) is 0.434. The molecule has 6 heteroatoms. The van der Waals surface area contributed by atoms with Crippen LogP contribution in [0, 0.1) is 0 Å². The fraction of sp³-hybridized carbons (Fsp3) is 0.280. The van der Waals surface area contributed by atoms with Crippen LogP contribution < -0.4 is 0 Å². The van der Waals surface area contributed by atoms with Gasteiger partial charge in [-0.05, 0) is 43.5 Å². The minimum atomic E-state index is -0.756. The molecule has 0 bridgehead atoms. The Morgan fingerprint density at radius 1 is 1.16 bits per heavy atom. The molecule has 1 amide bonds. The minimum absolute atomic E-state index is 0.0371. The smallest absolute Gasteiger partial charge is 0.290 e. The summed E-state index contributed by atoms with van der Waals surface area (Å²) < 4.78 is 5.57. The molecule has 0 unspecified atom stereocenters. The summed E-state index contributed by atoms with van der Waals surface area (Å²) in [6.07, 6.45) is 3.69. The Hall–Kier alpha value is -2.89. The number of allylic oxidation sites excluding steroid dienone is 1. The molecule has 3 rings (SSSR count). The summed E-state index contributed by atoms with van der Waals surface area (Å²) in [5, 5.41) is 11.0. The summed E-state index contributed by atoms with van der Waals surface area (Å²) in [6.45, 7) is 4.67. The van der Waals surface area contributed by atoms with E-state index in [-0.39, 0.29) is 11.7 Å². The Balaban J connectivity index is 1.91. The number of carbonyl (C=O) groups is 2. The van der Waals surface area contributed by atoms with Crippen molar-refractivity contribution in [2.45, 2.75) is 32.4 Å². The van der Waals surface area contributed by atoms with Crippen LogP contribution >= 0.6 is 11.6 Å². The summed E-state index contributed by atoms with van der Waals surface area (Å²) >= 11 is 6.41. The van der Waals surface area contributed by atoms with Crippen molar-refractivity contribution in [1.29, 1.82) is 0 Å². The molecule has 0 fully saturated rings. The van der Waals surface area contributed by atoms with E-state index < -0.39 is 23.5 Å². The van der Waals surface area contributed by atoms with Crippen LogP contribution in [0.25, 0.3) is 6.08 Å². The van der Waals surface area contributed by atoms with Crippen molar-refractivity contribution in [2.24, 2.45) is 0 Å². The highest BCUT2D eigenvalue weighted by atomic mass is 35.5. The van der Waals surface area contributed by atoms with Crippen LogP contribution in [-0.4, -0.2) is 41.0 Å². The van der Waals surface area contributed by atoms with Gasteiger partial charge in [0.15, 0.2) is 11.5 Å². The molecule has 0 radical (unpaired) electrons. The maximum absolute atomic E-state index is 13.1. The topological polar surface area (TPSA) is 66.8 Å². The lowest BCUT2D eigenvalue weighted by Crippen LogP contribution is -2.32. The average molecular weight is 440 g/mol. The highest BCUT2D eigenvalue weighted by Gasteiger charge is 2.43. The largest absolute Gasteiger partial charge is 0.503 e. The van der Waals surface area contributed by atoms with Gasteiger partial charge in [0, 0.05) is 18.2 Å². The van der Waals surface area contributed by atoms with Crippen LogP contribution in [0.4, 0.5) is 0 Å². The third kappa shape index (κ3) is 5.43. The fourth-order valence-electron chi connectivity index (χ4n) is 3.54. The number of amides is 1. The van der Waals surface area contributed by atoms with Gasteiger partial charge in [0.25, 0.3) is 5.91 Å². The molecule has 0 aliphatic carbocycles. The molecule has 0 aromatic heterocycles. The van der Waals surface area contributed by atoms with Gasteiger partial charge in [0.05, 0.1) is 17.7 Å². The van der Waals surface area contributed by atoms with Crippen LogP contribution in [0.5, 0.6) is 0 Å². The fourth-order valence-corrected chi connectivity index (χ4v) is 3.78. The van der Waals surface area contributed by atoms with Gasteiger partial charge in [-0.3, -0.25) is 9.59 Å². The van der Waals surface area contributed by atoms with Gasteiger partial charge in [0.2, 0.25) is 0 Å². The Morgan fingerprint density at radius 3 is 2.52 bits per heavy atom. The van der Waals surface area contributed by atoms with Crippen LogP contribution in [0.3, 0.4) is 0 Å². The van der Waals surface area contributed by atoms with E-state index in [0.29, 0.717) is 30.2 Å². The zero-order valence-electron chi connectivity index (χ0n) is 17.6. The van der Waals surface area contributed by atoms with E-state index in [9.17, 15) is 14.7 Å². The second-order valence-electron chi connectivity index (χ2n) is 7.57. The van der Waals surface area contributed by atoms with Crippen LogP contribution in [-0.2, 0) is 14.3 Å². The van der Waals surface area contributed by atoms with Crippen LogP contribution in [0.15, 0.2) is 72.0 Å². The first kappa shape index (κ1) is 22.8. The second kappa shape index (κ2) is 10.4. The van der Waals surface area contributed by atoms with E-state index in [1.165, 1.54) is 11.0 Å². The lowest BCUT2D eigenvalue weighted by Gasteiger charge is -2.27. The van der Waals surface area contributed by atoms with Crippen molar-refractivity contribution in [3.63, 3.8) is 0 Å². The summed E-state index contributed by atoms with van der Waals surface area (Å²) in [5.74, 6) is -1.54. The Labute approximate surface area is 187 Å². The van der Waals surface area contributed by atoms with Crippen LogP contribution in [0.1, 0.15) is 37.4 Å². The molecule has 5 nitrogen and oxygen atoms in total. The number of rotatable bonds is 9. The highest BCUT2D eigenvalue weighted by Crippen LogP contribution is 2.40. The van der Waals surface area contributed by atoms with Gasteiger partial charge < -0.3 is 14.7 Å². The molecule has 1 heterocycles. The Kier molecular flexibility index (Phi) is 7.66. The molecule has 0 saturated carbocycles. The second-order valence-corrected chi connectivity index (χ2v) is 7.97. The summed E-state index contributed by atoms with van der Waals surface area (Å²) in [6, 6.07) is 15.6. The summed E-state index contributed by atoms with van der Waals surface area (Å²) in [4.78, 5) is 27.4. The molecule has 0 saturated heterocycles. The van der Waals surface area contributed by atoms with E-state index in [0.717, 1.165) is 5.56 Å². The summed E-state index contributed by atoms with van der Waals surface area (Å²) in [7, 11) is 0. The number of nitrogens with zero attached hydrogens (tertiary/aromatic N) is 1. The van der Waals surface area contributed by atoms with Crippen molar-refractivity contribution >= 4 is 29.4 Å². The molecule has 162 valence electrons. The normalized spacial score (nSPS) is 16.7. The first-order chi connectivity index (χ1) is 14.9. The lowest BCUT2D eigenvalue weighted by molar-refractivity contribution is -0.129. The minimum Gasteiger partial charge on any atom is -0.503 e. The number of ketones is 1. The van der Waals surface area contributed by atoms with Crippen molar-refractivity contribution in [1.82, 2.24) is 4.90 Å². The maximum Gasteiger partial charge on any atom is 0.290 e. The number of aliphatic hydroxyl groups is 1. The van der Waals surface area contributed by atoms with Crippen molar-refractivity contribution in [2.75, 3.05) is 13.2 Å². The molecule has 2 aromatic rings. The van der Waals surface area contributed by atoms with Gasteiger partial charge in [-0.2, -0.15) is 0 Å². The molecule has 1 aliphatic rings. The number of aliphatic hydroxyl groups excluding tert-OH is 1. The zero-order chi connectivity index (χ0) is 22.4. The SMILES string of the molecule is CC(C)OCCCN1C(=O)C(O)=C(C(=O)/C=C/c2ccccc2)[C@H]1c1ccccc1Cl. The van der Waals surface area contributed by atoms with E-state index >= 15 is 0 Å². The Bertz CT molecular complexity index is 998. The highest BCUT2D eigenvalue weighted by molar-refractivity contribution is 6.31. The molecule has 2 aromatic carbocycles. The Morgan fingerprint density at radius 2 is 1.84 bits per heavy atom. The number of hydrogen-bond acceptors (Lipinski definition) is 4. The first-order valence-corrected chi connectivity index (χ1v) is 10.7. The number of carbonyl (C=O) groups excluding carboxylic acids is 2. The average Bonchev–Trinajstić information content (AvgIpc) is 3.01. The predicted octanol–water partition coefficient (Wildman–Crippen LogP) is 5.13. The van der Waals surface area contributed by atoms with Gasteiger partial charge in [-0.1, -0.05) is 66.2 Å². The monoisotopic (exact) mass is 439 g/mol. The molecule has 1 aliphatic heterocycles. The predicted molar refractivity (Wildman–Crippen MR) is 122 cm³/mol. The van der Waals surface area contributed by atoms with Gasteiger partial charge in [-0.25, -0.2) is 0 Å². The van der Waals surface area contributed by atoms with Gasteiger partial charge in [-0.15, -0.1) is 0 Å². The van der Waals surface area contributed by atoms with Crippen LogP contribution in [0.2, 0.25) is 5.02 Å². The summed E-state index contributed by atoms with van der Waals surface area (Å²) in [5.41, 5.74) is 1.48. The molecular formula is C25H26ClNO4. The molecule has 31 heavy (non-hydrogen) atoms. The maximum atomic E-state index is 13.1. The number of hydrogen-bond donors (Lipinski definition) is 1. The van der Waals surface area contributed by atoms with E-state index in [1.807, 2.05) is 44.2 Å². The number of benzene rings is 2.